The Morgan fingerprint density at radius 1 is 1.10 bits per heavy atom. The van der Waals surface area contributed by atoms with Crippen molar-refractivity contribution in [3.8, 4) is 5.75 Å². The molecule has 0 radical (unpaired) electrons. The molecule has 0 fully saturated rings. The van der Waals surface area contributed by atoms with Gasteiger partial charge in [0.05, 0.1) is 5.56 Å². The Morgan fingerprint density at radius 2 is 1.83 bits per heavy atom. The Morgan fingerprint density at radius 3 is 2.52 bits per heavy atom. The number of halogens is 5. The number of nitrogens with zero attached hydrogens (tertiary/aromatic N) is 2. The lowest BCUT2D eigenvalue weighted by molar-refractivity contribution is -0.139. The van der Waals surface area contributed by atoms with Gasteiger partial charge in [-0.1, -0.05) is 22.9 Å². The summed E-state index contributed by atoms with van der Waals surface area (Å²) >= 11 is 6.80. The molecule has 2 N–H and O–H groups in total. The van der Waals surface area contributed by atoms with Crippen LogP contribution in [0.3, 0.4) is 0 Å². The molecule has 0 spiro atoms. The van der Waals surface area contributed by atoms with Crippen LogP contribution in [0.15, 0.2) is 42.5 Å². The number of urea groups is 1. The molecule has 0 atom stereocenters. The summed E-state index contributed by atoms with van der Waals surface area (Å²) in [5, 5.41) is 13.2. The average Bonchev–Trinajstić information content (AvgIpc) is 3.09. The number of nitrogens with one attached hydrogen (secondary N) is 2. The monoisotopic (exact) mass is 446 g/mol. The molecule has 2 aromatic carbocycles. The number of hydrogen-bond donors (Lipinski definition) is 2. The smallest absolute Gasteiger partial charge is 0.419 e. The SMILES string of the molecule is O=C(Nc1ccc(F)c(C(F)(F)F)c1)Nc1nnc(COc2ccc(Cl)cc2)s1. The van der Waals surface area contributed by atoms with Gasteiger partial charge in [0, 0.05) is 10.7 Å². The molecule has 29 heavy (non-hydrogen) atoms. The van der Waals surface area contributed by atoms with Crippen LogP contribution in [-0.2, 0) is 12.8 Å². The average molecular weight is 447 g/mol. The molecule has 2 amide bonds. The third-order valence-electron chi connectivity index (χ3n) is 3.39. The summed E-state index contributed by atoms with van der Waals surface area (Å²) in [6.07, 6.45) is -4.88. The van der Waals surface area contributed by atoms with E-state index in [-0.39, 0.29) is 17.4 Å². The normalized spacial score (nSPS) is 11.2. The van der Waals surface area contributed by atoms with Crippen LogP contribution in [0, 0.1) is 5.82 Å². The molecule has 152 valence electrons. The van der Waals surface area contributed by atoms with E-state index in [0.29, 0.717) is 27.9 Å². The fraction of sp³-hybridized carbons (Fsp3) is 0.118. The van der Waals surface area contributed by atoms with Crippen LogP contribution in [0.2, 0.25) is 5.02 Å². The van der Waals surface area contributed by atoms with Gasteiger partial charge in [0.25, 0.3) is 0 Å². The highest BCUT2D eigenvalue weighted by Crippen LogP contribution is 2.33. The Kier molecular flexibility index (Phi) is 6.18. The predicted octanol–water partition coefficient (Wildman–Crippen LogP) is 5.57. The fourth-order valence-electron chi connectivity index (χ4n) is 2.12. The number of benzene rings is 2. The van der Waals surface area contributed by atoms with Gasteiger partial charge >= 0.3 is 12.2 Å². The second kappa shape index (κ2) is 8.62. The molecule has 1 heterocycles. The van der Waals surface area contributed by atoms with E-state index in [1.165, 1.54) is 0 Å². The highest BCUT2D eigenvalue weighted by atomic mass is 35.5. The number of alkyl halides is 3. The molecule has 0 bridgehead atoms. The van der Waals surface area contributed by atoms with Crippen LogP contribution in [0.25, 0.3) is 0 Å². The minimum absolute atomic E-state index is 0.0928. The third-order valence-corrected chi connectivity index (χ3v) is 4.46. The third kappa shape index (κ3) is 5.78. The highest BCUT2D eigenvalue weighted by molar-refractivity contribution is 7.15. The lowest BCUT2D eigenvalue weighted by Gasteiger charge is -2.11. The topological polar surface area (TPSA) is 76.1 Å². The van der Waals surface area contributed by atoms with Gasteiger partial charge in [-0.05, 0) is 42.5 Å². The van der Waals surface area contributed by atoms with Gasteiger partial charge in [-0.2, -0.15) is 13.2 Å². The van der Waals surface area contributed by atoms with Crippen molar-refractivity contribution >= 4 is 39.8 Å². The zero-order chi connectivity index (χ0) is 21.0. The van der Waals surface area contributed by atoms with Crippen molar-refractivity contribution in [3.05, 3.63) is 63.9 Å². The van der Waals surface area contributed by atoms with Crippen molar-refractivity contribution in [2.75, 3.05) is 10.6 Å². The molecule has 0 saturated carbocycles. The van der Waals surface area contributed by atoms with Crippen LogP contribution in [0.5, 0.6) is 5.75 Å². The first-order valence-electron chi connectivity index (χ1n) is 7.86. The highest BCUT2D eigenvalue weighted by Gasteiger charge is 2.34. The molecule has 6 nitrogen and oxygen atoms in total. The van der Waals surface area contributed by atoms with Crippen molar-refractivity contribution in [2.24, 2.45) is 0 Å². The number of rotatable bonds is 5. The second-order valence-electron chi connectivity index (χ2n) is 5.52. The van der Waals surface area contributed by atoms with E-state index >= 15 is 0 Å². The molecule has 0 unspecified atom stereocenters. The van der Waals surface area contributed by atoms with Crippen LogP contribution in [-0.4, -0.2) is 16.2 Å². The number of amides is 2. The van der Waals surface area contributed by atoms with Crippen molar-refractivity contribution in [2.45, 2.75) is 12.8 Å². The van der Waals surface area contributed by atoms with Gasteiger partial charge in [0.2, 0.25) is 5.13 Å². The molecular weight excluding hydrogens is 436 g/mol. The van der Waals surface area contributed by atoms with E-state index in [1.807, 2.05) is 0 Å². The summed E-state index contributed by atoms with van der Waals surface area (Å²) in [4.78, 5) is 11.9. The van der Waals surface area contributed by atoms with Gasteiger partial charge in [-0.25, -0.2) is 9.18 Å². The maximum absolute atomic E-state index is 13.3. The molecule has 12 heteroatoms. The molecule has 0 aliphatic carbocycles. The van der Waals surface area contributed by atoms with Gasteiger partial charge in [0.15, 0.2) is 5.01 Å². The molecule has 0 aliphatic rings. The number of aromatic nitrogens is 2. The van der Waals surface area contributed by atoms with E-state index in [0.717, 1.165) is 17.4 Å². The quantitative estimate of drug-likeness (QED) is 0.502. The summed E-state index contributed by atoms with van der Waals surface area (Å²) in [7, 11) is 0. The molecular formula is C17H11ClF4N4O2S. The van der Waals surface area contributed by atoms with E-state index in [1.54, 1.807) is 24.3 Å². The Bertz CT molecular complexity index is 1010. The maximum Gasteiger partial charge on any atom is 0.419 e. The van der Waals surface area contributed by atoms with Gasteiger partial charge in [-0.15, -0.1) is 10.2 Å². The van der Waals surface area contributed by atoms with Crippen LogP contribution in [0.1, 0.15) is 10.6 Å². The van der Waals surface area contributed by atoms with Crippen molar-refractivity contribution in [3.63, 3.8) is 0 Å². The lowest BCUT2D eigenvalue weighted by atomic mass is 10.2. The summed E-state index contributed by atoms with van der Waals surface area (Å²) in [5.74, 6) is -0.869. The molecule has 3 aromatic rings. The van der Waals surface area contributed by atoms with Gasteiger partial charge in [0.1, 0.15) is 18.2 Å². The van der Waals surface area contributed by atoms with E-state index in [4.69, 9.17) is 16.3 Å². The first-order chi connectivity index (χ1) is 13.7. The fourth-order valence-corrected chi connectivity index (χ4v) is 2.89. The van der Waals surface area contributed by atoms with Crippen LogP contribution >= 0.6 is 22.9 Å². The lowest BCUT2D eigenvalue weighted by Crippen LogP contribution is -2.20. The molecule has 3 rings (SSSR count). The second-order valence-corrected chi connectivity index (χ2v) is 7.01. The zero-order valence-corrected chi connectivity index (χ0v) is 15.8. The van der Waals surface area contributed by atoms with Crippen LogP contribution in [0.4, 0.5) is 33.2 Å². The largest absolute Gasteiger partial charge is 0.486 e. The maximum atomic E-state index is 13.3. The predicted molar refractivity (Wildman–Crippen MR) is 99.7 cm³/mol. The minimum Gasteiger partial charge on any atom is -0.486 e. The number of carbonyl (C=O) groups excluding carboxylic acids is 1. The van der Waals surface area contributed by atoms with Gasteiger partial charge in [-0.3, -0.25) is 5.32 Å². The minimum atomic E-state index is -4.88. The summed E-state index contributed by atoms with van der Waals surface area (Å²) < 4.78 is 57.0. The first kappa shape index (κ1) is 20.8. The number of anilines is 2. The zero-order valence-electron chi connectivity index (χ0n) is 14.3. The Balaban J connectivity index is 1.57. The Hall–Kier alpha value is -2.92. The van der Waals surface area contributed by atoms with Crippen molar-refractivity contribution in [1.82, 2.24) is 10.2 Å². The first-order valence-corrected chi connectivity index (χ1v) is 9.05. The Labute approximate surface area is 170 Å². The van der Waals surface area contributed by atoms with Gasteiger partial charge < -0.3 is 10.1 Å². The van der Waals surface area contributed by atoms with Crippen LogP contribution < -0.4 is 15.4 Å². The van der Waals surface area contributed by atoms with E-state index in [9.17, 15) is 22.4 Å². The number of ether oxygens (including phenoxy) is 1. The summed E-state index contributed by atoms with van der Waals surface area (Å²) in [6.45, 7) is 0.0928. The van der Waals surface area contributed by atoms with Crippen molar-refractivity contribution in [1.29, 1.82) is 0 Å². The van der Waals surface area contributed by atoms with E-state index < -0.39 is 23.6 Å². The van der Waals surface area contributed by atoms with Crippen molar-refractivity contribution < 1.29 is 27.1 Å². The van der Waals surface area contributed by atoms with E-state index in [2.05, 4.69) is 20.8 Å². The molecule has 0 aliphatic heterocycles. The molecule has 1 aromatic heterocycles. The summed E-state index contributed by atoms with van der Waals surface area (Å²) in [6, 6.07) is 7.95. The standard InChI is InChI=1S/C17H11ClF4N4O2S/c18-9-1-4-11(5-2-9)28-8-14-25-26-16(29-14)24-15(27)23-10-3-6-13(19)12(7-10)17(20,21)22/h1-7H,8H2,(H2,23,24,26,27). The number of carbonyl (C=O) groups is 1. The summed E-state index contributed by atoms with van der Waals surface area (Å²) in [5.41, 5.74) is -1.71. The number of hydrogen-bond acceptors (Lipinski definition) is 5. The molecule has 0 saturated heterocycles.